The van der Waals surface area contributed by atoms with Crippen LogP contribution < -0.4 is 15.4 Å². The number of nitrogens with one attached hydrogen (secondary N) is 2. The van der Waals surface area contributed by atoms with Crippen molar-refractivity contribution in [2.45, 2.75) is 31.3 Å². The highest BCUT2D eigenvalue weighted by Crippen LogP contribution is 2.42. The monoisotopic (exact) mass is 422 g/mol. The molecule has 2 atom stereocenters. The Hall–Kier alpha value is -2.32. The topological polar surface area (TPSA) is 91.0 Å². The number of imide groups is 1. The summed E-state index contributed by atoms with van der Waals surface area (Å²) in [6.45, 7) is 3.28. The zero-order valence-electron chi connectivity index (χ0n) is 16.6. The number of nitrogens with zero attached hydrogens (tertiary/aromatic N) is 2. The highest BCUT2D eigenvalue weighted by molar-refractivity contribution is 6.09. The minimum absolute atomic E-state index is 0. The minimum Gasteiger partial charge on any atom is -0.496 e. The van der Waals surface area contributed by atoms with E-state index in [1.54, 1.807) is 18.9 Å². The van der Waals surface area contributed by atoms with Crippen molar-refractivity contribution in [1.29, 1.82) is 0 Å². The van der Waals surface area contributed by atoms with Gasteiger partial charge in [0.1, 0.15) is 17.8 Å². The second kappa shape index (κ2) is 8.20. The number of para-hydroxylation sites is 1. The van der Waals surface area contributed by atoms with Gasteiger partial charge in [-0.05, 0) is 31.7 Å². The molecule has 4 rings (SSSR count). The Morgan fingerprint density at radius 1 is 1.28 bits per heavy atom. The summed E-state index contributed by atoms with van der Waals surface area (Å²) in [4.78, 5) is 41.1. The van der Waals surface area contributed by atoms with Crippen molar-refractivity contribution in [3.63, 3.8) is 0 Å². The molecule has 0 radical (unpaired) electrons. The largest absolute Gasteiger partial charge is 0.496 e. The number of hydrogen-bond acceptors (Lipinski definition) is 5. The third kappa shape index (κ3) is 3.79. The number of benzene rings is 1. The molecule has 9 heteroatoms. The van der Waals surface area contributed by atoms with E-state index in [9.17, 15) is 14.4 Å². The van der Waals surface area contributed by atoms with E-state index in [1.165, 1.54) is 0 Å². The van der Waals surface area contributed by atoms with Gasteiger partial charge in [-0.15, -0.1) is 12.4 Å². The quantitative estimate of drug-likeness (QED) is 0.698. The number of hydrogen-bond donors (Lipinski definition) is 2. The zero-order valence-corrected chi connectivity index (χ0v) is 17.5. The Balaban J connectivity index is 0.00000240. The van der Waals surface area contributed by atoms with E-state index in [4.69, 9.17) is 4.74 Å². The molecule has 4 amide bonds. The average Bonchev–Trinajstić information content (AvgIpc) is 3.54. The number of urea groups is 1. The molecule has 1 aliphatic carbocycles. The van der Waals surface area contributed by atoms with Crippen LogP contribution in [0.4, 0.5) is 4.79 Å². The maximum atomic E-state index is 13.1. The maximum Gasteiger partial charge on any atom is 0.325 e. The lowest BCUT2D eigenvalue weighted by molar-refractivity contribution is -0.141. The fourth-order valence-electron chi connectivity index (χ4n) is 4.25. The molecular weight excluding hydrogens is 396 g/mol. The number of methoxy groups -OCH3 is 1. The standard InChI is InChI=1S/C20H26N4O4.ClH/c1-20(13-7-8-13)18(26)24(19(27)22-20)12-17(25)23-10-9-21-11-15(23)14-5-3-4-6-16(14)28-2;/h3-6,13,15,21H,7-12H2,1-2H3,(H,22,27);1H. The molecule has 8 nitrogen and oxygen atoms in total. The average molecular weight is 423 g/mol. The van der Waals surface area contributed by atoms with E-state index in [0.717, 1.165) is 23.3 Å². The Morgan fingerprint density at radius 2 is 2.00 bits per heavy atom. The summed E-state index contributed by atoms with van der Waals surface area (Å²) in [5.74, 6) is 0.355. The van der Waals surface area contributed by atoms with Crippen molar-refractivity contribution in [3.05, 3.63) is 29.8 Å². The molecule has 3 fully saturated rings. The fourth-order valence-corrected chi connectivity index (χ4v) is 4.25. The van der Waals surface area contributed by atoms with Gasteiger partial charge < -0.3 is 20.3 Å². The number of piperazine rings is 1. The van der Waals surface area contributed by atoms with Crippen molar-refractivity contribution >= 4 is 30.3 Å². The van der Waals surface area contributed by atoms with Crippen molar-refractivity contribution in [1.82, 2.24) is 20.4 Å². The van der Waals surface area contributed by atoms with E-state index in [1.807, 2.05) is 24.3 Å². The van der Waals surface area contributed by atoms with Gasteiger partial charge in [-0.3, -0.25) is 14.5 Å². The fraction of sp³-hybridized carbons (Fsp3) is 0.550. The van der Waals surface area contributed by atoms with Crippen LogP contribution in [0.2, 0.25) is 0 Å². The molecule has 2 unspecified atom stereocenters. The predicted octanol–water partition coefficient (Wildman–Crippen LogP) is 1.31. The number of carbonyl (C=O) groups is 3. The Kier molecular flexibility index (Phi) is 6.05. The molecule has 0 spiro atoms. The summed E-state index contributed by atoms with van der Waals surface area (Å²) in [7, 11) is 1.60. The van der Waals surface area contributed by atoms with Gasteiger partial charge in [0.2, 0.25) is 5.91 Å². The molecule has 3 aliphatic rings. The van der Waals surface area contributed by atoms with Crippen LogP contribution in [0.15, 0.2) is 24.3 Å². The second-order valence-electron chi connectivity index (χ2n) is 7.85. The number of amides is 4. The van der Waals surface area contributed by atoms with E-state index in [0.29, 0.717) is 25.4 Å². The smallest absolute Gasteiger partial charge is 0.325 e. The SMILES string of the molecule is COc1ccccc1C1CNCCN1C(=O)CN1C(=O)NC(C)(C2CC2)C1=O.Cl. The van der Waals surface area contributed by atoms with Crippen molar-refractivity contribution in [2.75, 3.05) is 33.3 Å². The van der Waals surface area contributed by atoms with Crippen LogP contribution in [0, 0.1) is 5.92 Å². The molecule has 2 N–H and O–H groups in total. The molecule has 1 aromatic rings. The maximum absolute atomic E-state index is 13.1. The molecule has 0 bridgehead atoms. The second-order valence-corrected chi connectivity index (χ2v) is 7.85. The number of carbonyl (C=O) groups excluding carboxylic acids is 3. The molecule has 2 saturated heterocycles. The van der Waals surface area contributed by atoms with Crippen LogP contribution >= 0.6 is 12.4 Å². The van der Waals surface area contributed by atoms with Crippen molar-refractivity contribution < 1.29 is 19.1 Å². The van der Waals surface area contributed by atoms with Gasteiger partial charge in [0, 0.05) is 25.2 Å². The lowest BCUT2D eigenvalue weighted by Gasteiger charge is -2.37. The third-order valence-electron chi connectivity index (χ3n) is 6.05. The van der Waals surface area contributed by atoms with Gasteiger partial charge in [0.05, 0.1) is 13.2 Å². The molecule has 1 aromatic carbocycles. The lowest BCUT2D eigenvalue weighted by atomic mass is 9.96. The number of ether oxygens (including phenoxy) is 1. The van der Waals surface area contributed by atoms with Gasteiger partial charge in [-0.25, -0.2) is 4.79 Å². The molecule has 29 heavy (non-hydrogen) atoms. The molecule has 1 saturated carbocycles. The van der Waals surface area contributed by atoms with Crippen LogP contribution in [0.1, 0.15) is 31.4 Å². The first-order chi connectivity index (χ1) is 13.5. The zero-order chi connectivity index (χ0) is 19.9. The first-order valence-electron chi connectivity index (χ1n) is 9.73. The van der Waals surface area contributed by atoms with Crippen LogP contribution in [0.3, 0.4) is 0 Å². The summed E-state index contributed by atoms with van der Waals surface area (Å²) in [6.07, 6.45) is 1.86. The van der Waals surface area contributed by atoms with E-state index >= 15 is 0 Å². The van der Waals surface area contributed by atoms with Crippen LogP contribution in [-0.4, -0.2) is 66.5 Å². The summed E-state index contributed by atoms with van der Waals surface area (Å²) in [5, 5.41) is 6.10. The van der Waals surface area contributed by atoms with Crippen LogP contribution in [0.25, 0.3) is 0 Å². The highest BCUT2D eigenvalue weighted by atomic mass is 35.5. The minimum atomic E-state index is -0.872. The van der Waals surface area contributed by atoms with Crippen molar-refractivity contribution in [3.8, 4) is 5.75 Å². The van der Waals surface area contributed by atoms with Crippen LogP contribution in [0.5, 0.6) is 5.75 Å². The summed E-state index contributed by atoms with van der Waals surface area (Å²) >= 11 is 0. The predicted molar refractivity (Wildman–Crippen MR) is 109 cm³/mol. The first kappa shape index (κ1) is 21.4. The summed E-state index contributed by atoms with van der Waals surface area (Å²) in [5.41, 5.74) is 0.0358. The number of halogens is 1. The normalized spacial score (nSPS) is 26.8. The van der Waals surface area contributed by atoms with Gasteiger partial charge in [-0.2, -0.15) is 0 Å². The van der Waals surface area contributed by atoms with Crippen molar-refractivity contribution in [2.24, 2.45) is 5.92 Å². The van der Waals surface area contributed by atoms with Gasteiger partial charge >= 0.3 is 6.03 Å². The third-order valence-corrected chi connectivity index (χ3v) is 6.05. The van der Waals surface area contributed by atoms with Crippen LogP contribution in [-0.2, 0) is 9.59 Å². The highest BCUT2D eigenvalue weighted by Gasteiger charge is 2.56. The summed E-state index contributed by atoms with van der Waals surface area (Å²) in [6, 6.07) is 6.91. The molecular formula is C20H27ClN4O4. The number of rotatable bonds is 5. The van der Waals surface area contributed by atoms with E-state index in [-0.39, 0.29) is 42.7 Å². The Bertz CT molecular complexity index is 815. The van der Waals surface area contributed by atoms with E-state index < -0.39 is 11.6 Å². The van der Waals surface area contributed by atoms with E-state index in [2.05, 4.69) is 10.6 Å². The summed E-state index contributed by atoms with van der Waals surface area (Å²) < 4.78 is 5.46. The van der Waals surface area contributed by atoms with Gasteiger partial charge in [0.25, 0.3) is 5.91 Å². The Labute approximate surface area is 176 Å². The first-order valence-corrected chi connectivity index (χ1v) is 9.73. The lowest BCUT2D eigenvalue weighted by Crippen LogP contribution is -2.52. The molecule has 2 heterocycles. The molecule has 0 aromatic heterocycles. The Morgan fingerprint density at radius 3 is 2.69 bits per heavy atom. The molecule has 2 aliphatic heterocycles. The van der Waals surface area contributed by atoms with Gasteiger partial charge in [-0.1, -0.05) is 18.2 Å². The molecule has 158 valence electrons. The van der Waals surface area contributed by atoms with Gasteiger partial charge in [0.15, 0.2) is 0 Å².